The monoisotopic (exact) mass is 767 g/mol. The van der Waals surface area contributed by atoms with E-state index in [2.05, 4.69) is 16.0 Å². The van der Waals surface area contributed by atoms with Crippen molar-refractivity contribution in [2.75, 3.05) is 13.6 Å². The first-order chi connectivity index (χ1) is 26.3. The van der Waals surface area contributed by atoms with Crippen LogP contribution in [0, 0.1) is 0 Å². The molecule has 4 atom stereocenters. The number of unbranched alkanes of at least 4 members (excludes halogenated alkanes) is 1. The number of hydrogen-bond donors (Lipinski definition) is 6. The third-order valence-electron chi connectivity index (χ3n) is 9.54. The Bertz CT molecular complexity index is 2090. The fourth-order valence-corrected chi connectivity index (χ4v) is 6.59. The van der Waals surface area contributed by atoms with E-state index in [-0.39, 0.29) is 40.8 Å². The number of likely N-dealkylation sites (N-methyl/N-ethyl adjacent to an activating group) is 1. The predicted molar refractivity (Wildman–Crippen MR) is 206 cm³/mol. The summed E-state index contributed by atoms with van der Waals surface area (Å²) in [4.78, 5) is 80.9. The van der Waals surface area contributed by atoms with Crippen LogP contribution in [0.1, 0.15) is 64.1 Å². The van der Waals surface area contributed by atoms with Crippen molar-refractivity contribution in [3.05, 3.63) is 112 Å². The Morgan fingerprint density at radius 2 is 1.60 bits per heavy atom. The maximum Gasteiger partial charge on any atom is 0.326 e. The van der Waals surface area contributed by atoms with Crippen molar-refractivity contribution in [2.24, 2.45) is 5.73 Å². The Labute approximate surface area is 322 Å². The number of aromatic hydroxyl groups is 1. The lowest BCUT2D eigenvalue weighted by Gasteiger charge is -2.32. The molecule has 0 spiro atoms. The van der Waals surface area contributed by atoms with Gasteiger partial charge in [-0.05, 0) is 103 Å². The van der Waals surface area contributed by atoms with E-state index in [0.717, 1.165) is 16.0 Å². The highest BCUT2D eigenvalue weighted by Gasteiger charge is 2.36. The number of carboxylic acids is 1. The Kier molecular flexibility index (Phi) is 13.0. The first kappa shape index (κ1) is 40.1. The van der Waals surface area contributed by atoms with E-state index >= 15 is 0 Å². The molecule has 1 aliphatic rings. The molecule has 7 N–H and O–H groups in total. The van der Waals surface area contributed by atoms with Crippen molar-refractivity contribution in [3.8, 4) is 28.0 Å². The van der Waals surface area contributed by atoms with Gasteiger partial charge in [0.1, 0.15) is 29.9 Å². The Balaban J connectivity index is 1.52. The summed E-state index contributed by atoms with van der Waals surface area (Å²) in [6.45, 7) is 1.73. The fraction of sp³-hybridized carbons (Fsp3) is 0.268. The number of nitrogens with zero attached hydrogens (tertiary/aromatic N) is 1. The molecule has 0 radical (unpaired) electrons. The molecule has 14 heteroatoms. The van der Waals surface area contributed by atoms with Crippen LogP contribution in [0.5, 0.6) is 5.75 Å². The van der Waals surface area contributed by atoms with Crippen molar-refractivity contribution < 1.29 is 39.0 Å². The van der Waals surface area contributed by atoms with Gasteiger partial charge >= 0.3 is 5.97 Å². The second-order valence-electron chi connectivity index (χ2n) is 13.4. The van der Waals surface area contributed by atoms with Crippen LogP contribution < -0.4 is 21.7 Å². The lowest BCUT2D eigenvalue weighted by Crippen LogP contribution is -2.54. The molecule has 4 unspecified atom stereocenters. The number of nitrogens with one attached hydrogen (secondary N) is 3. The van der Waals surface area contributed by atoms with Crippen LogP contribution in [-0.2, 0) is 25.6 Å². The Hall–Kier alpha value is -6.05. The zero-order chi connectivity index (χ0) is 39.8. The first-order valence-corrected chi connectivity index (χ1v) is 18.1. The second kappa shape index (κ2) is 17.9. The Morgan fingerprint density at radius 3 is 2.24 bits per heavy atom. The van der Waals surface area contributed by atoms with Crippen molar-refractivity contribution in [2.45, 2.75) is 56.8 Å². The van der Waals surface area contributed by atoms with Crippen LogP contribution in [-0.4, -0.2) is 82.7 Å². The third-order valence-corrected chi connectivity index (χ3v) is 9.79. The highest BCUT2D eigenvalue weighted by Crippen LogP contribution is 2.35. The molecule has 5 rings (SSSR count). The number of nitrogens with two attached hydrogens (primary N) is 1. The number of carboxylic acid groups (broad SMARTS) is 1. The van der Waals surface area contributed by atoms with Crippen LogP contribution in [0.2, 0.25) is 5.02 Å². The van der Waals surface area contributed by atoms with Gasteiger partial charge in [0.2, 0.25) is 17.7 Å². The molecule has 0 saturated carbocycles. The number of carbonyl (C=O) groups is 6. The van der Waals surface area contributed by atoms with Gasteiger partial charge in [-0.15, -0.1) is 0 Å². The fourth-order valence-electron chi connectivity index (χ4n) is 6.47. The van der Waals surface area contributed by atoms with Crippen LogP contribution in [0.15, 0.2) is 84.9 Å². The van der Waals surface area contributed by atoms with E-state index in [9.17, 15) is 39.0 Å². The van der Waals surface area contributed by atoms with Gasteiger partial charge in [0.15, 0.2) is 6.29 Å². The molecular weight excluding hydrogens is 726 g/mol. The normalized spacial score (nSPS) is 17.5. The number of phenols is 1. The van der Waals surface area contributed by atoms with Gasteiger partial charge < -0.3 is 36.8 Å². The maximum absolute atomic E-state index is 14.4. The minimum absolute atomic E-state index is 0.155. The number of benzene rings is 4. The van der Waals surface area contributed by atoms with E-state index in [1.165, 1.54) is 50.4 Å². The number of rotatable bonds is 11. The summed E-state index contributed by atoms with van der Waals surface area (Å²) in [5, 5.41) is 29.3. The molecule has 0 fully saturated rings. The topological polar surface area (TPSA) is 208 Å². The molecule has 13 nitrogen and oxygen atoms in total. The molecule has 1 aliphatic heterocycles. The lowest BCUT2D eigenvalue weighted by atomic mass is 9.91. The average Bonchev–Trinajstić information content (AvgIpc) is 3.17. The van der Waals surface area contributed by atoms with E-state index < -0.39 is 53.8 Å². The largest absolute Gasteiger partial charge is 0.507 e. The zero-order valence-corrected chi connectivity index (χ0v) is 31.0. The number of amides is 4. The summed E-state index contributed by atoms with van der Waals surface area (Å²) < 4.78 is 0. The second-order valence-corrected chi connectivity index (χ2v) is 13.8. The molecule has 4 aromatic rings. The minimum Gasteiger partial charge on any atom is -0.507 e. The van der Waals surface area contributed by atoms with E-state index in [1.807, 2.05) is 12.1 Å². The standard InChI is InChI=1S/C41H42ClN5O8/c1-23-37(50)46-34(41(54)55)20-24-6-17-35(49)32(19-24)31-21-28(11-12-29(31)22-48)36(39(52)44-23)47(2)40(53)33(5-3-4-18-43)45-38(51)27-9-7-25(8-10-27)26-13-15-30(42)16-14-26/h6-17,19,21-23,33-34,36,49H,3-5,18,20,43H2,1-2H3,(H,44,52)(H,45,51)(H,46,50)(H,54,55). The SMILES string of the molecule is CC1NC(=O)C(N(C)C(=O)C(CCCCN)NC(=O)c2ccc(-c3ccc(Cl)cc3)cc2)c2ccc(C=O)c(c2)-c2cc(ccc2O)CC(C(=O)O)NC1=O. The number of phenolic OH excluding ortho intramolecular Hbond substituents is 1. The van der Waals surface area contributed by atoms with Crippen LogP contribution in [0.4, 0.5) is 0 Å². The maximum atomic E-state index is 14.4. The Morgan fingerprint density at radius 1 is 0.927 bits per heavy atom. The van der Waals surface area contributed by atoms with Gasteiger partial charge in [-0.1, -0.05) is 54.1 Å². The van der Waals surface area contributed by atoms with Gasteiger partial charge in [0.25, 0.3) is 5.91 Å². The van der Waals surface area contributed by atoms with Gasteiger partial charge in [0.05, 0.1) is 0 Å². The van der Waals surface area contributed by atoms with Crippen molar-refractivity contribution in [3.63, 3.8) is 0 Å². The summed E-state index contributed by atoms with van der Waals surface area (Å²) in [5.74, 6) is -4.28. The van der Waals surface area contributed by atoms with Crippen molar-refractivity contribution in [1.29, 1.82) is 0 Å². The zero-order valence-electron chi connectivity index (χ0n) is 30.3. The van der Waals surface area contributed by atoms with Crippen LogP contribution >= 0.6 is 11.6 Å². The summed E-state index contributed by atoms with van der Waals surface area (Å²) >= 11 is 6.02. The number of carbonyl (C=O) groups excluding carboxylic acids is 5. The van der Waals surface area contributed by atoms with Crippen molar-refractivity contribution in [1.82, 2.24) is 20.9 Å². The number of hydrogen-bond acceptors (Lipinski definition) is 8. The van der Waals surface area contributed by atoms with Gasteiger partial charge in [-0.2, -0.15) is 0 Å². The number of aldehydes is 1. The summed E-state index contributed by atoms with van der Waals surface area (Å²) in [6.07, 6.45) is 1.64. The highest BCUT2D eigenvalue weighted by atomic mass is 35.5. The van der Waals surface area contributed by atoms with Gasteiger partial charge in [-0.3, -0.25) is 24.0 Å². The number of aliphatic carboxylic acids is 1. The van der Waals surface area contributed by atoms with Crippen molar-refractivity contribution >= 4 is 47.5 Å². The highest BCUT2D eigenvalue weighted by molar-refractivity contribution is 6.30. The lowest BCUT2D eigenvalue weighted by molar-refractivity contribution is -0.143. The van der Waals surface area contributed by atoms with Gasteiger partial charge in [0, 0.05) is 35.2 Å². The molecular formula is C41H42ClN5O8. The number of halogens is 1. The van der Waals surface area contributed by atoms with Crippen LogP contribution in [0.3, 0.4) is 0 Å². The average molecular weight is 768 g/mol. The summed E-state index contributed by atoms with van der Waals surface area (Å²) in [6, 6.07) is 17.7. The molecule has 4 aromatic carbocycles. The molecule has 55 heavy (non-hydrogen) atoms. The quantitative estimate of drug-likeness (QED) is 0.0951. The smallest absolute Gasteiger partial charge is 0.326 e. The minimum atomic E-state index is -1.42. The van der Waals surface area contributed by atoms with E-state index in [4.69, 9.17) is 17.3 Å². The number of fused-ring (bicyclic) bond motifs is 5. The van der Waals surface area contributed by atoms with E-state index in [0.29, 0.717) is 41.8 Å². The molecule has 286 valence electrons. The van der Waals surface area contributed by atoms with Crippen LogP contribution in [0.25, 0.3) is 22.3 Å². The first-order valence-electron chi connectivity index (χ1n) is 17.7. The molecule has 4 amide bonds. The molecule has 0 aliphatic carbocycles. The van der Waals surface area contributed by atoms with E-state index in [1.54, 1.807) is 36.4 Å². The van der Waals surface area contributed by atoms with Gasteiger partial charge in [-0.25, -0.2) is 4.79 Å². The predicted octanol–water partition coefficient (Wildman–Crippen LogP) is 4.25. The molecule has 4 bridgehead atoms. The third kappa shape index (κ3) is 9.55. The molecule has 0 aromatic heterocycles. The molecule has 0 saturated heterocycles. The molecule has 1 heterocycles. The summed E-state index contributed by atoms with van der Waals surface area (Å²) in [7, 11) is 1.38. The summed E-state index contributed by atoms with van der Waals surface area (Å²) in [5.41, 5.74) is 9.01.